The molecule has 86 valence electrons. The molecule has 2 unspecified atom stereocenters. The van der Waals surface area contributed by atoms with Crippen molar-refractivity contribution in [3.63, 3.8) is 0 Å². The third-order valence-corrected chi connectivity index (χ3v) is 3.97. The van der Waals surface area contributed by atoms with Gasteiger partial charge in [-0.3, -0.25) is 0 Å². The van der Waals surface area contributed by atoms with Crippen LogP contribution in [0.25, 0.3) is 0 Å². The van der Waals surface area contributed by atoms with E-state index in [1.165, 1.54) is 16.2 Å². The van der Waals surface area contributed by atoms with Crippen molar-refractivity contribution in [2.24, 2.45) is 0 Å². The van der Waals surface area contributed by atoms with Crippen molar-refractivity contribution < 1.29 is 5.11 Å². The Morgan fingerprint density at radius 1 is 1.50 bits per heavy atom. The quantitative estimate of drug-likeness (QED) is 0.844. The number of nitrogens with zero attached hydrogens (tertiary/aromatic N) is 1. The van der Waals surface area contributed by atoms with Crippen LogP contribution in [0.2, 0.25) is 0 Å². The SMILES string of the molecule is N#Cc1ccc(CNC2CCCC(O)C2)s1. The summed E-state index contributed by atoms with van der Waals surface area (Å²) in [5.41, 5.74) is 0. The van der Waals surface area contributed by atoms with Gasteiger partial charge in [0.1, 0.15) is 10.9 Å². The van der Waals surface area contributed by atoms with Crippen LogP contribution in [0, 0.1) is 11.3 Å². The minimum absolute atomic E-state index is 0.135. The van der Waals surface area contributed by atoms with Crippen LogP contribution in [0.3, 0.4) is 0 Å². The number of rotatable bonds is 3. The summed E-state index contributed by atoms with van der Waals surface area (Å²) in [5.74, 6) is 0. The van der Waals surface area contributed by atoms with E-state index in [0.717, 1.165) is 37.1 Å². The molecular weight excluding hydrogens is 220 g/mol. The van der Waals surface area contributed by atoms with Crippen LogP contribution < -0.4 is 5.32 Å². The van der Waals surface area contributed by atoms with Gasteiger partial charge in [0, 0.05) is 17.5 Å². The summed E-state index contributed by atoms with van der Waals surface area (Å²) in [5, 5.41) is 21.7. The lowest BCUT2D eigenvalue weighted by molar-refractivity contribution is 0.111. The zero-order chi connectivity index (χ0) is 11.4. The number of hydrogen-bond acceptors (Lipinski definition) is 4. The first-order valence-corrected chi connectivity index (χ1v) is 6.50. The lowest BCUT2D eigenvalue weighted by Crippen LogP contribution is -2.35. The smallest absolute Gasteiger partial charge is 0.110 e. The van der Waals surface area contributed by atoms with Gasteiger partial charge in [-0.25, -0.2) is 0 Å². The summed E-state index contributed by atoms with van der Waals surface area (Å²) in [7, 11) is 0. The monoisotopic (exact) mass is 236 g/mol. The van der Waals surface area contributed by atoms with Gasteiger partial charge in [0.05, 0.1) is 6.10 Å². The van der Waals surface area contributed by atoms with Gasteiger partial charge in [0.15, 0.2) is 0 Å². The number of aliphatic hydroxyl groups excluding tert-OH is 1. The Hall–Kier alpha value is -0.890. The first kappa shape index (κ1) is 11.6. The summed E-state index contributed by atoms with van der Waals surface area (Å²) in [6.45, 7) is 0.809. The molecule has 0 amide bonds. The molecule has 2 rings (SSSR count). The fraction of sp³-hybridized carbons (Fsp3) is 0.583. The van der Waals surface area contributed by atoms with Crippen LogP contribution >= 0.6 is 11.3 Å². The molecule has 2 N–H and O–H groups in total. The van der Waals surface area contributed by atoms with Crippen molar-refractivity contribution >= 4 is 11.3 Å². The van der Waals surface area contributed by atoms with Crippen LogP contribution in [-0.2, 0) is 6.54 Å². The summed E-state index contributed by atoms with van der Waals surface area (Å²) >= 11 is 1.54. The number of hydrogen-bond donors (Lipinski definition) is 2. The molecule has 1 saturated carbocycles. The summed E-state index contributed by atoms with van der Waals surface area (Å²) in [6.07, 6.45) is 3.91. The van der Waals surface area contributed by atoms with E-state index in [4.69, 9.17) is 5.26 Å². The van der Waals surface area contributed by atoms with Crippen molar-refractivity contribution in [3.05, 3.63) is 21.9 Å². The van der Waals surface area contributed by atoms with Crippen molar-refractivity contribution in [2.75, 3.05) is 0 Å². The molecule has 0 aromatic carbocycles. The molecule has 1 aromatic heterocycles. The lowest BCUT2D eigenvalue weighted by atomic mass is 9.93. The molecule has 1 aliphatic carbocycles. The fourth-order valence-electron chi connectivity index (χ4n) is 2.13. The second-order valence-electron chi connectivity index (χ2n) is 4.28. The second-order valence-corrected chi connectivity index (χ2v) is 5.44. The lowest BCUT2D eigenvalue weighted by Gasteiger charge is -2.26. The van der Waals surface area contributed by atoms with Gasteiger partial charge in [-0.2, -0.15) is 5.26 Å². The van der Waals surface area contributed by atoms with E-state index in [9.17, 15) is 5.11 Å². The zero-order valence-electron chi connectivity index (χ0n) is 9.15. The van der Waals surface area contributed by atoms with Crippen molar-refractivity contribution in [1.82, 2.24) is 5.32 Å². The molecular formula is C12H16N2OS. The van der Waals surface area contributed by atoms with Crippen molar-refractivity contribution in [1.29, 1.82) is 5.26 Å². The van der Waals surface area contributed by atoms with Gasteiger partial charge in [-0.05, 0) is 37.8 Å². The minimum Gasteiger partial charge on any atom is -0.393 e. The molecule has 0 radical (unpaired) electrons. The molecule has 1 aromatic rings. The molecule has 1 aliphatic rings. The van der Waals surface area contributed by atoms with E-state index < -0.39 is 0 Å². The number of thiophene rings is 1. The summed E-state index contributed by atoms with van der Waals surface area (Å²) in [6, 6.07) is 6.42. The van der Waals surface area contributed by atoms with Crippen LogP contribution in [0.1, 0.15) is 35.4 Å². The van der Waals surface area contributed by atoms with Gasteiger partial charge in [0.2, 0.25) is 0 Å². The highest BCUT2D eigenvalue weighted by Crippen LogP contribution is 2.20. The number of nitriles is 1. The molecule has 0 bridgehead atoms. The molecule has 1 heterocycles. The van der Waals surface area contributed by atoms with E-state index in [2.05, 4.69) is 11.4 Å². The van der Waals surface area contributed by atoms with E-state index in [1.54, 1.807) is 0 Å². The second kappa shape index (κ2) is 5.44. The van der Waals surface area contributed by atoms with Crippen molar-refractivity contribution in [3.8, 4) is 6.07 Å². The standard InChI is InChI=1S/C12H16N2OS/c13-7-11-4-5-12(16-11)8-14-9-2-1-3-10(15)6-9/h4-5,9-10,14-15H,1-3,6,8H2. The van der Waals surface area contributed by atoms with E-state index in [0.29, 0.717) is 6.04 Å². The predicted molar refractivity (Wildman–Crippen MR) is 64.1 cm³/mol. The summed E-state index contributed by atoms with van der Waals surface area (Å²) in [4.78, 5) is 1.96. The molecule has 0 aliphatic heterocycles. The maximum absolute atomic E-state index is 9.54. The van der Waals surface area contributed by atoms with Gasteiger partial charge in [0.25, 0.3) is 0 Å². The third kappa shape index (κ3) is 3.05. The Labute approximate surface area is 99.7 Å². The molecule has 0 spiro atoms. The van der Waals surface area contributed by atoms with Gasteiger partial charge in [-0.15, -0.1) is 11.3 Å². The Bertz CT molecular complexity index is 383. The normalized spacial score (nSPS) is 25.2. The number of nitrogens with one attached hydrogen (secondary N) is 1. The minimum atomic E-state index is -0.135. The van der Waals surface area contributed by atoms with Crippen LogP contribution in [0.15, 0.2) is 12.1 Å². The molecule has 0 saturated heterocycles. The predicted octanol–water partition coefficient (Wildman–Crippen LogP) is 2.01. The maximum atomic E-state index is 9.54. The van der Waals surface area contributed by atoms with Gasteiger partial charge >= 0.3 is 0 Å². The highest BCUT2D eigenvalue weighted by atomic mass is 32.1. The Balaban J connectivity index is 1.80. The highest BCUT2D eigenvalue weighted by molar-refractivity contribution is 7.12. The fourth-order valence-corrected chi connectivity index (χ4v) is 2.88. The average molecular weight is 236 g/mol. The first-order chi connectivity index (χ1) is 7.78. The zero-order valence-corrected chi connectivity index (χ0v) is 9.96. The Kier molecular flexibility index (Phi) is 3.94. The summed E-state index contributed by atoms with van der Waals surface area (Å²) < 4.78 is 0. The molecule has 1 fully saturated rings. The maximum Gasteiger partial charge on any atom is 0.110 e. The van der Waals surface area contributed by atoms with Crippen LogP contribution in [-0.4, -0.2) is 17.3 Å². The van der Waals surface area contributed by atoms with Crippen LogP contribution in [0.5, 0.6) is 0 Å². The molecule has 4 heteroatoms. The average Bonchev–Trinajstić information content (AvgIpc) is 2.74. The molecule has 3 nitrogen and oxygen atoms in total. The van der Waals surface area contributed by atoms with Crippen LogP contribution in [0.4, 0.5) is 0 Å². The third-order valence-electron chi connectivity index (χ3n) is 2.98. The van der Waals surface area contributed by atoms with Gasteiger partial charge < -0.3 is 10.4 Å². The molecule has 16 heavy (non-hydrogen) atoms. The largest absolute Gasteiger partial charge is 0.393 e. The Morgan fingerprint density at radius 3 is 3.06 bits per heavy atom. The first-order valence-electron chi connectivity index (χ1n) is 5.68. The number of aliphatic hydroxyl groups is 1. The highest BCUT2D eigenvalue weighted by Gasteiger charge is 2.19. The van der Waals surface area contributed by atoms with E-state index in [1.807, 2.05) is 12.1 Å². The Morgan fingerprint density at radius 2 is 2.38 bits per heavy atom. The topological polar surface area (TPSA) is 56.0 Å². The van der Waals surface area contributed by atoms with E-state index in [-0.39, 0.29) is 6.10 Å². The molecule has 2 atom stereocenters. The van der Waals surface area contributed by atoms with Gasteiger partial charge in [-0.1, -0.05) is 0 Å². The van der Waals surface area contributed by atoms with Crippen molar-refractivity contribution in [2.45, 2.75) is 44.4 Å². The van der Waals surface area contributed by atoms with E-state index >= 15 is 0 Å².